The molecular formula is C14H14ClN5. The molecule has 6 heteroatoms. The van der Waals surface area contributed by atoms with Gasteiger partial charge in [-0.25, -0.2) is 0 Å². The fourth-order valence-electron chi connectivity index (χ4n) is 2.09. The first-order valence-corrected chi connectivity index (χ1v) is 6.62. The summed E-state index contributed by atoms with van der Waals surface area (Å²) in [7, 11) is 1.83. The second-order valence-corrected chi connectivity index (χ2v) is 5.13. The summed E-state index contributed by atoms with van der Waals surface area (Å²) in [4.78, 5) is 8.46. The highest BCUT2D eigenvalue weighted by atomic mass is 35.5. The van der Waals surface area contributed by atoms with Crippen molar-refractivity contribution in [3.05, 3.63) is 40.8 Å². The van der Waals surface area contributed by atoms with Crippen molar-refractivity contribution >= 4 is 34.1 Å². The minimum absolute atomic E-state index is 0.203. The van der Waals surface area contributed by atoms with Gasteiger partial charge in [0, 0.05) is 12.7 Å². The van der Waals surface area contributed by atoms with Gasteiger partial charge in [-0.05, 0) is 42.6 Å². The van der Waals surface area contributed by atoms with Gasteiger partial charge in [0.1, 0.15) is 5.82 Å². The standard InChI is InChI=1S/C14H14ClN5/c1-8-4-5-9(2)11(6-8)17-12-10-7-16-20(3)13(10)19-14(15)18-12/h4-7H,1-3H3,(H,17,18,19). The van der Waals surface area contributed by atoms with E-state index in [0.717, 1.165) is 16.6 Å². The van der Waals surface area contributed by atoms with Gasteiger partial charge in [-0.1, -0.05) is 12.1 Å². The van der Waals surface area contributed by atoms with Crippen LogP contribution >= 0.6 is 11.6 Å². The molecule has 0 fully saturated rings. The van der Waals surface area contributed by atoms with Crippen molar-refractivity contribution in [1.82, 2.24) is 19.7 Å². The van der Waals surface area contributed by atoms with Crippen LogP contribution in [0.25, 0.3) is 11.0 Å². The van der Waals surface area contributed by atoms with E-state index in [1.165, 1.54) is 5.56 Å². The summed E-state index contributed by atoms with van der Waals surface area (Å²) in [6.07, 6.45) is 1.74. The molecule has 0 unspecified atom stereocenters. The van der Waals surface area contributed by atoms with Crippen LogP contribution in [0, 0.1) is 13.8 Å². The first-order chi connectivity index (χ1) is 9.54. The number of hydrogen-bond donors (Lipinski definition) is 1. The molecule has 0 aliphatic carbocycles. The quantitative estimate of drug-likeness (QED) is 0.734. The number of halogens is 1. The van der Waals surface area contributed by atoms with Gasteiger partial charge < -0.3 is 5.32 Å². The van der Waals surface area contributed by atoms with E-state index in [4.69, 9.17) is 11.6 Å². The molecule has 0 aliphatic heterocycles. The van der Waals surface area contributed by atoms with Gasteiger partial charge in [0.15, 0.2) is 5.65 Å². The molecule has 0 saturated carbocycles. The minimum atomic E-state index is 0.203. The highest BCUT2D eigenvalue weighted by Crippen LogP contribution is 2.26. The van der Waals surface area contributed by atoms with E-state index < -0.39 is 0 Å². The first kappa shape index (κ1) is 12.9. The van der Waals surface area contributed by atoms with Crippen molar-refractivity contribution in [3.63, 3.8) is 0 Å². The summed E-state index contributed by atoms with van der Waals surface area (Å²) in [5.74, 6) is 0.668. The summed E-state index contributed by atoms with van der Waals surface area (Å²) < 4.78 is 1.68. The fourth-order valence-corrected chi connectivity index (χ4v) is 2.25. The molecule has 0 radical (unpaired) electrons. The number of rotatable bonds is 2. The van der Waals surface area contributed by atoms with Crippen molar-refractivity contribution in [2.45, 2.75) is 13.8 Å². The third kappa shape index (κ3) is 2.20. The van der Waals surface area contributed by atoms with Crippen LogP contribution in [-0.4, -0.2) is 19.7 Å². The molecule has 5 nitrogen and oxygen atoms in total. The maximum atomic E-state index is 5.99. The predicted molar refractivity (Wildman–Crippen MR) is 80.5 cm³/mol. The SMILES string of the molecule is Cc1ccc(C)c(Nc2nc(Cl)nc3c2cnn3C)c1. The highest BCUT2D eigenvalue weighted by molar-refractivity contribution is 6.28. The first-order valence-electron chi connectivity index (χ1n) is 6.24. The average Bonchev–Trinajstić information content (AvgIpc) is 2.76. The van der Waals surface area contributed by atoms with Crippen LogP contribution in [0.2, 0.25) is 5.28 Å². The molecule has 1 N–H and O–H groups in total. The Bertz CT molecular complexity index is 794. The van der Waals surface area contributed by atoms with E-state index in [1.54, 1.807) is 10.9 Å². The molecule has 1 aromatic carbocycles. The topological polar surface area (TPSA) is 55.6 Å². The van der Waals surface area contributed by atoms with Crippen LogP contribution < -0.4 is 5.32 Å². The second kappa shape index (κ2) is 4.76. The minimum Gasteiger partial charge on any atom is -0.339 e. The number of aryl methyl sites for hydroxylation is 3. The number of aromatic nitrogens is 4. The predicted octanol–water partition coefficient (Wildman–Crippen LogP) is 3.38. The lowest BCUT2D eigenvalue weighted by molar-refractivity contribution is 0.785. The Labute approximate surface area is 121 Å². The van der Waals surface area contributed by atoms with Crippen LogP contribution in [-0.2, 0) is 7.05 Å². The number of fused-ring (bicyclic) bond motifs is 1. The highest BCUT2D eigenvalue weighted by Gasteiger charge is 2.11. The lowest BCUT2D eigenvalue weighted by atomic mass is 10.1. The molecule has 20 heavy (non-hydrogen) atoms. The zero-order valence-corrected chi connectivity index (χ0v) is 12.2. The maximum Gasteiger partial charge on any atom is 0.226 e. The van der Waals surface area contributed by atoms with Gasteiger partial charge in [0.05, 0.1) is 11.6 Å². The molecule has 3 aromatic rings. The largest absolute Gasteiger partial charge is 0.339 e. The third-order valence-corrected chi connectivity index (χ3v) is 3.38. The normalized spacial score (nSPS) is 11.0. The van der Waals surface area contributed by atoms with Crippen molar-refractivity contribution in [2.75, 3.05) is 5.32 Å². The molecule has 102 valence electrons. The summed E-state index contributed by atoms with van der Waals surface area (Å²) >= 11 is 5.99. The van der Waals surface area contributed by atoms with Crippen LogP contribution in [0.4, 0.5) is 11.5 Å². The lowest BCUT2D eigenvalue weighted by Crippen LogP contribution is -2.00. The van der Waals surface area contributed by atoms with Gasteiger partial charge in [-0.15, -0.1) is 0 Å². The summed E-state index contributed by atoms with van der Waals surface area (Å²) in [6, 6.07) is 6.22. The van der Waals surface area contributed by atoms with Gasteiger partial charge >= 0.3 is 0 Å². The van der Waals surface area contributed by atoms with E-state index in [-0.39, 0.29) is 5.28 Å². The molecule has 3 rings (SSSR count). The Hall–Kier alpha value is -2.14. The van der Waals surface area contributed by atoms with E-state index in [9.17, 15) is 0 Å². The van der Waals surface area contributed by atoms with Gasteiger partial charge in [0.2, 0.25) is 5.28 Å². The number of benzene rings is 1. The van der Waals surface area contributed by atoms with E-state index in [2.05, 4.69) is 45.5 Å². The Morgan fingerprint density at radius 2 is 2.00 bits per heavy atom. The molecule has 0 bridgehead atoms. The molecule has 2 aromatic heterocycles. The zero-order valence-electron chi connectivity index (χ0n) is 11.5. The monoisotopic (exact) mass is 287 g/mol. The molecule has 0 atom stereocenters. The number of nitrogens with zero attached hydrogens (tertiary/aromatic N) is 4. The van der Waals surface area contributed by atoms with Crippen LogP contribution in [0.15, 0.2) is 24.4 Å². The molecule has 0 amide bonds. The Kier molecular flexibility index (Phi) is 3.06. The Balaban J connectivity index is 2.13. The second-order valence-electron chi connectivity index (χ2n) is 4.79. The van der Waals surface area contributed by atoms with Crippen molar-refractivity contribution in [1.29, 1.82) is 0 Å². The average molecular weight is 288 g/mol. The summed E-state index contributed by atoms with van der Waals surface area (Å²) in [6.45, 7) is 4.10. The lowest BCUT2D eigenvalue weighted by Gasteiger charge is -2.10. The van der Waals surface area contributed by atoms with E-state index in [1.807, 2.05) is 14.0 Å². The van der Waals surface area contributed by atoms with Crippen LogP contribution in [0.5, 0.6) is 0 Å². The summed E-state index contributed by atoms with van der Waals surface area (Å²) in [5, 5.41) is 8.56. The smallest absolute Gasteiger partial charge is 0.226 e. The summed E-state index contributed by atoms with van der Waals surface area (Å²) in [5.41, 5.74) is 4.03. The molecular weight excluding hydrogens is 274 g/mol. The van der Waals surface area contributed by atoms with Crippen molar-refractivity contribution in [2.24, 2.45) is 7.05 Å². The zero-order chi connectivity index (χ0) is 14.3. The fraction of sp³-hybridized carbons (Fsp3) is 0.214. The number of nitrogens with one attached hydrogen (secondary N) is 1. The van der Waals surface area contributed by atoms with Crippen LogP contribution in [0.3, 0.4) is 0 Å². The van der Waals surface area contributed by atoms with E-state index in [0.29, 0.717) is 11.5 Å². The van der Waals surface area contributed by atoms with Gasteiger partial charge in [-0.2, -0.15) is 15.1 Å². The van der Waals surface area contributed by atoms with Crippen LogP contribution in [0.1, 0.15) is 11.1 Å². The number of hydrogen-bond acceptors (Lipinski definition) is 4. The van der Waals surface area contributed by atoms with Gasteiger partial charge in [-0.3, -0.25) is 4.68 Å². The Morgan fingerprint density at radius 1 is 1.20 bits per heavy atom. The third-order valence-electron chi connectivity index (χ3n) is 3.21. The van der Waals surface area contributed by atoms with Gasteiger partial charge in [0.25, 0.3) is 0 Å². The molecule has 0 aliphatic rings. The van der Waals surface area contributed by atoms with Crippen molar-refractivity contribution < 1.29 is 0 Å². The Morgan fingerprint density at radius 3 is 2.80 bits per heavy atom. The number of anilines is 2. The molecule has 2 heterocycles. The maximum absolute atomic E-state index is 5.99. The van der Waals surface area contributed by atoms with Crippen molar-refractivity contribution in [3.8, 4) is 0 Å². The molecule has 0 spiro atoms. The van der Waals surface area contributed by atoms with E-state index >= 15 is 0 Å². The molecule has 0 saturated heterocycles.